The predicted octanol–water partition coefficient (Wildman–Crippen LogP) is 4.53. The molecular formula is C26H34N4O4. The lowest BCUT2D eigenvalue weighted by Crippen LogP contribution is -2.25. The van der Waals surface area contributed by atoms with Crippen molar-refractivity contribution in [1.29, 1.82) is 0 Å². The van der Waals surface area contributed by atoms with Crippen molar-refractivity contribution in [2.24, 2.45) is 0 Å². The third-order valence-electron chi connectivity index (χ3n) is 6.37. The van der Waals surface area contributed by atoms with Crippen LogP contribution in [0.25, 0.3) is 5.65 Å². The van der Waals surface area contributed by atoms with Crippen molar-refractivity contribution in [1.82, 2.24) is 14.0 Å². The Morgan fingerprint density at radius 3 is 2.56 bits per heavy atom. The number of carbonyl (C=O) groups is 1. The number of fused-ring (bicyclic) bond motifs is 1. The van der Waals surface area contributed by atoms with E-state index in [4.69, 9.17) is 14.8 Å². The number of aliphatic hydroxyl groups excluding tert-OH is 1. The van der Waals surface area contributed by atoms with Gasteiger partial charge in [0.25, 0.3) is 11.5 Å². The number of nitrogens with zero attached hydrogens (tertiary/aromatic N) is 3. The van der Waals surface area contributed by atoms with E-state index in [0.717, 1.165) is 44.1 Å². The molecule has 0 aliphatic heterocycles. The summed E-state index contributed by atoms with van der Waals surface area (Å²) in [5.74, 6) is 0.589. The first-order valence-corrected chi connectivity index (χ1v) is 12.2. The lowest BCUT2D eigenvalue weighted by atomic mass is 9.87. The minimum Gasteiger partial charge on any atom is -0.490 e. The van der Waals surface area contributed by atoms with Crippen LogP contribution in [0.4, 0.5) is 5.69 Å². The zero-order valence-electron chi connectivity index (χ0n) is 20.2. The van der Waals surface area contributed by atoms with Crippen LogP contribution in [-0.4, -0.2) is 38.2 Å². The topological polar surface area (TPSA) is 97.9 Å². The molecule has 1 amide bonds. The number of hydrogen-bond donors (Lipinski definition) is 2. The molecule has 0 spiro atoms. The quantitative estimate of drug-likeness (QED) is 0.556. The number of ether oxygens (including phenoxy) is 1. The molecule has 0 aromatic carbocycles. The molecule has 2 aliphatic rings. The number of aromatic nitrogens is 3. The van der Waals surface area contributed by atoms with Crippen molar-refractivity contribution < 1.29 is 14.6 Å². The standard InChI is InChI=1S/C25H30N4O3.CH4O/c1-16(2)32-22-13-23-26-21(17-7-4-3-5-8-17)15-28(23)14-19(22)24(30)27-20-9-6-12-29(25(20)31)18-10-11-18;1-2/h6,9,12-18H,3-5,7-8,10-11H2,1-2H3,(H,27,30);2H,1H3. The van der Waals surface area contributed by atoms with E-state index in [1.54, 1.807) is 29.1 Å². The summed E-state index contributed by atoms with van der Waals surface area (Å²) < 4.78 is 9.58. The molecule has 0 saturated heterocycles. The lowest BCUT2D eigenvalue weighted by Gasteiger charge is -2.19. The van der Waals surface area contributed by atoms with Crippen LogP contribution in [0.1, 0.15) is 86.8 Å². The molecule has 0 bridgehead atoms. The van der Waals surface area contributed by atoms with Crippen LogP contribution in [-0.2, 0) is 0 Å². The zero-order chi connectivity index (χ0) is 24.2. The third kappa shape index (κ3) is 5.17. The second-order valence-corrected chi connectivity index (χ2v) is 9.30. The zero-order valence-corrected chi connectivity index (χ0v) is 20.2. The van der Waals surface area contributed by atoms with Crippen LogP contribution in [0.5, 0.6) is 5.75 Å². The number of anilines is 1. The van der Waals surface area contributed by atoms with E-state index >= 15 is 0 Å². The average molecular weight is 467 g/mol. The highest BCUT2D eigenvalue weighted by atomic mass is 16.5. The molecule has 5 rings (SSSR count). The molecule has 0 radical (unpaired) electrons. The Balaban J connectivity index is 0.00000133. The maximum absolute atomic E-state index is 13.2. The molecule has 2 fully saturated rings. The first kappa shape index (κ1) is 24.0. The van der Waals surface area contributed by atoms with Gasteiger partial charge in [0.2, 0.25) is 0 Å². The summed E-state index contributed by atoms with van der Waals surface area (Å²) in [6, 6.07) is 5.53. The molecule has 2 aliphatic carbocycles. The fourth-order valence-corrected chi connectivity index (χ4v) is 4.59. The normalized spacial score (nSPS) is 16.3. The highest BCUT2D eigenvalue weighted by Gasteiger charge is 2.26. The molecule has 3 heterocycles. The lowest BCUT2D eigenvalue weighted by molar-refractivity contribution is 0.102. The molecule has 34 heavy (non-hydrogen) atoms. The number of carbonyl (C=O) groups excluding carboxylic acids is 1. The molecule has 182 valence electrons. The Kier molecular flexibility index (Phi) is 7.36. The summed E-state index contributed by atoms with van der Waals surface area (Å²) in [7, 11) is 1.00. The number of aliphatic hydroxyl groups is 1. The first-order chi connectivity index (χ1) is 16.5. The minimum absolute atomic E-state index is 0.0967. The Morgan fingerprint density at radius 1 is 1.15 bits per heavy atom. The summed E-state index contributed by atoms with van der Waals surface area (Å²) >= 11 is 0. The van der Waals surface area contributed by atoms with Crippen LogP contribution >= 0.6 is 0 Å². The van der Waals surface area contributed by atoms with E-state index in [1.165, 1.54) is 19.3 Å². The van der Waals surface area contributed by atoms with Crippen molar-refractivity contribution >= 4 is 17.2 Å². The largest absolute Gasteiger partial charge is 0.490 e. The van der Waals surface area contributed by atoms with Gasteiger partial charge in [-0.2, -0.15) is 0 Å². The Labute approximate surface area is 199 Å². The van der Waals surface area contributed by atoms with E-state index in [2.05, 4.69) is 5.32 Å². The van der Waals surface area contributed by atoms with Crippen molar-refractivity contribution in [3.05, 3.63) is 58.4 Å². The predicted molar refractivity (Wildman–Crippen MR) is 132 cm³/mol. The monoisotopic (exact) mass is 466 g/mol. The van der Waals surface area contributed by atoms with Gasteiger partial charge in [0.15, 0.2) is 0 Å². The molecule has 3 aromatic heterocycles. The summed E-state index contributed by atoms with van der Waals surface area (Å²) in [4.78, 5) is 30.9. The van der Waals surface area contributed by atoms with Gasteiger partial charge >= 0.3 is 0 Å². The highest BCUT2D eigenvalue weighted by molar-refractivity contribution is 6.06. The number of pyridine rings is 2. The number of imidazole rings is 1. The van der Waals surface area contributed by atoms with Crippen molar-refractivity contribution in [2.45, 2.75) is 76.9 Å². The third-order valence-corrected chi connectivity index (χ3v) is 6.37. The number of hydrogen-bond acceptors (Lipinski definition) is 5. The van der Waals surface area contributed by atoms with Gasteiger partial charge in [-0.15, -0.1) is 0 Å². The van der Waals surface area contributed by atoms with E-state index in [1.807, 2.05) is 30.5 Å². The van der Waals surface area contributed by atoms with Gasteiger partial charge in [0.1, 0.15) is 17.1 Å². The molecule has 8 heteroatoms. The number of nitrogens with one attached hydrogen (secondary N) is 1. The van der Waals surface area contributed by atoms with Gasteiger partial charge in [0, 0.05) is 43.7 Å². The molecule has 3 aromatic rings. The summed E-state index contributed by atoms with van der Waals surface area (Å²) in [6.07, 6.45) is 13.6. The molecule has 2 saturated carbocycles. The Hall–Kier alpha value is -3.13. The first-order valence-electron chi connectivity index (χ1n) is 12.2. The fraction of sp³-hybridized carbons (Fsp3) is 0.500. The highest BCUT2D eigenvalue weighted by Crippen LogP contribution is 2.34. The van der Waals surface area contributed by atoms with Gasteiger partial charge in [0.05, 0.1) is 17.4 Å². The van der Waals surface area contributed by atoms with Crippen LogP contribution < -0.4 is 15.6 Å². The summed E-state index contributed by atoms with van der Waals surface area (Å²) in [5.41, 5.74) is 2.35. The van der Waals surface area contributed by atoms with Crippen LogP contribution in [0, 0.1) is 0 Å². The summed E-state index contributed by atoms with van der Waals surface area (Å²) in [5, 5.41) is 9.81. The Bertz CT molecular complexity index is 1200. The number of rotatable bonds is 6. The molecule has 8 nitrogen and oxygen atoms in total. The second-order valence-electron chi connectivity index (χ2n) is 9.30. The maximum Gasteiger partial charge on any atom is 0.274 e. The Morgan fingerprint density at radius 2 is 1.88 bits per heavy atom. The van der Waals surface area contributed by atoms with Gasteiger partial charge in [-0.25, -0.2) is 4.98 Å². The van der Waals surface area contributed by atoms with Crippen molar-refractivity contribution in [3.8, 4) is 5.75 Å². The van der Waals surface area contributed by atoms with E-state index < -0.39 is 0 Å². The smallest absolute Gasteiger partial charge is 0.274 e. The molecular weight excluding hydrogens is 432 g/mol. The molecule has 0 unspecified atom stereocenters. The summed E-state index contributed by atoms with van der Waals surface area (Å²) in [6.45, 7) is 3.85. The molecule has 2 N–H and O–H groups in total. The van der Waals surface area contributed by atoms with Crippen LogP contribution in [0.2, 0.25) is 0 Å². The minimum atomic E-state index is -0.360. The molecule has 0 atom stereocenters. The van der Waals surface area contributed by atoms with Gasteiger partial charge in [-0.1, -0.05) is 19.3 Å². The fourth-order valence-electron chi connectivity index (χ4n) is 4.59. The number of amides is 1. The van der Waals surface area contributed by atoms with Gasteiger partial charge < -0.3 is 24.1 Å². The second kappa shape index (κ2) is 10.4. The van der Waals surface area contributed by atoms with E-state index in [9.17, 15) is 9.59 Å². The van der Waals surface area contributed by atoms with E-state index in [-0.39, 0.29) is 29.3 Å². The van der Waals surface area contributed by atoms with E-state index in [0.29, 0.717) is 17.2 Å². The van der Waals surface area contributed by atoms with Crippen molar-refractivity contribution in [3.63, 3.8) is 0 Å². The van der Waals surface area contributed by atoms with Gasteiger partial charge in [-0.05, 0) is 51.7 Å². The van der Waals surface area contributed by atoms with Crippen LogP contribution in [0.3, 0.4) is 0 Å². The van der Waals surface area contributed by atoms with Gasteiger partial charge in [-0.3, -0.25) is 9.59 Å². The maximum atomic E-state index is 13.2. The SMILES string of the molecule is CC(C)Oc1cc2nc(C3CCCCC3)cn2cc1C(=O)Nc1cccn(C2CC2)c1=O.CO. The van der Waals surface area contributed by atoms with Crippen molar-refractivity contribution in [2.75, 3.05) is 12.4 Å². The average Bonchev–Trinajstić information content (AvgIpc) is 3.60. The van der Waals surface area contributed by atoms with Crippen LogP contribution in [0.15, 0.2) is 41.6 Å².